The van der Waals surface area contributed by atoms with Crippen LogP contribution in [0, 0.1) is 0 Å². The lowest BCUT2D eigenvalue weighted by Crippen LogP contribution is -2.11. The molecule has 0 aliphatic carbocycles. The summed E-state index contributed by atoms with van der Waals surface area (Å²) in [5.41, 5.74) is 1.11. The highest BCUT2D eigenvalue weighted by molar-refractivity contribution is 9.10. The molecule has 1 rings (SSSR count). The van der Waals surface area contributed by atoms with Crippen molar-refractivity contribution >= 4 is 33.6 Å². The lowest BCUT2D eigenvalue weighted by atomic mass is 10.2. The first-order valence-electron chi connectivity index (χ1n) is 4.56. The van der Waals surface area contributed by atoms with Gasteiger partial charge in [0, 0.05) is 16.0 Å². The fourth-order valence-electron chi connectivity index (χ4n) is 1.06. The summed E-state index contributed by atoms with van der Waals surface area (Å²) in [4.78, 5) is 0. The van der Waals surface area contributed by atoms with Crippen LogP contribution in [0.5, 0.6) is 0 Å². The first-order valence-corrected chi connectivity index (χ1v) is 5.73. The highest BCUT2D eigenvalue weighted by Crippen LogP contribution is 2.22. The molecule has 0 aromatic heterocycles. The molecule has 0 amide bonds. The molecule has 0 atom stereocenters. The van der Waals surface area contributed by atoms with Gasteiger partial charge in [-0.25, -0.2) is 0 Å². The van der Waals surface area contributed by atoms with Crippen molar-refractivity contribution in [2.75, 3.05) is 13.1 Å². The molecule has 14 heavy (non-hydrogen) atoms. The van der Waals surface area contributed by atoms with E-state index < -0.39 is 0 Å². The number of hydrogen-bond donors (Lipinski definition) is 1. The maximum atomic E-state index is 5.89. The van der Waals surface area contributed by atoms with Crippen molar-refractivity contribution in [1.82, 2.24) is 5.32 Å². The predicted octanol–water partition coefficient (Wildman–Crippen LogP) is 3.73. The monoisotopic (exact) mass is 273 g/mol. The summed E-state index contributed by atoms with van der Waals surface area (Å²) in [5.74, 6) is 0. The lowest BCUT2D eigenvalue weighted by molar-refractivity contribution is 0.801. The Bertz CT molecular complexity index is 323. The number of hydrogen-bond acceptors (Lipinski definition) is 1. The van der Waals surface area contributed by atoms with Gasteiger partial charge in [-0.1, -0.05) is 46.6 Å². The summed E-state index contributed by atoms with van der Waals surface area (Å²) in [5, 5.41) is 3.98. The van der Waals surface area contributed by atoms with Crippen molar-refractivity contribution < 1.29 is 0 Å². The van der Waals surface area contributed by atoms with Gasteiger partial charge in [0.2, 0.25) is 0 Å². The van der Waals surface area contributed by atoms with E-state index in [1.807, 2.05) is 18.2 Å². The van der Waals surface area contributed by atoms with Crippen LogP contribution in [0.4, 0.5) is 0 Å². The molecule has 0 bridgehead atoms. The summed E-state index contributed by atoms with van der Waals surface area (Å²) < 4.78 is 1.06. The van der Waals surface area contributed by atoms with Crippen LogP contribution in [-0.4, -0.2) is 13.1 Å². The quantitative estimate of drug-likeness (QED) is 0.825. The number of benzene rings is 1. The molecule has 0 aliphatic heterocycles. The largest absolute Gasteiger partial charge is 0.314 e. The maximum Gasteiger partial charge on any atom is 0.0412 e. The van der Waals surface area contributed by atoms with Gasteiger partial charge in [0.15, 0.2) is 0 Å². The second kappa shape index (κ2) is 6.23. The van der Waals surface area contributed by atoms with Crippen LogP contribution in [0.1, 0.15) is 12.5 Å². The summed E-state index contributed by atoms with van der Waals surface area (Å²) in [6.07, 6.45) is 4.14. The molecule has 0 saturated heterocycles. The third-order valence-corrected chi connectivity index (χ3v) is 2.72. The van der Waals surface area contributed by atoms with Gasteiger partial charge in [-0.05, 0) is 30.3 Å². The van der Waals surface area contributed by atoms with E-state index in [1.54, 1.807) is 0 Å². The van der Waals surface area contributed by atoms with Crippen molar-refractivity contribution in [3.05, 3.63) is 39.3 Å². The molecule has 3 heteroatoms. The second-order valence-corrected chi connectivity index (χ2v) is 4.17. The van der Waals surface area contributed by atoms with Gasteiger partial charge in [-0.15, -0.1) is 0 Å². The minimum Gasteiger partial charge on any atom is -0.314 e. The minimum atomic E-state index is 0.760. The SMILES string of the molecule is CCNCC=Cc1cc(Cl)ccc1Br. The summed E-state index contributed by atoms with van der Waals surface area (Å²) in [7, 11) is 0. The van der Waals surface area contributed by atoms with Crippen molar-refractivity contribution in [2.45, 2.75) is 6.92 Å². The molecular weight excluding hydrogens is 261 g/mol. The normalized spacial score (nSPS) is 11.1. The molecule has 0 radical (unpaired) electrons. The van der Waals surface area contributed by atoms with Gasteiger partial charge in [-0.3, -0.25) is 0 Å². The fourth-order valence-corrected chi connectivity index (χ4v) is 1.62. The van der Waals surface area contributed by atoms with Gasteiger partial charge >= 0.3 is 0 Å². The molecule has 1 aromatic carbocycles. The second-order valence-electron chi connectivity index (χ2n) is 2.88. The Labute approximate surface area is 98.3 Å². The Morgan fingerprint density at radius 2 is 2.29 bits per heavy atom. The highest BCUT2D eigenvalue weighted by Gasteiger charge is 1.95. The summed E-state index contributed by atoms with van der Waals surface area (Å²) >= 11 is 9.36. The zero-order valence-electron chi connectivity index (χ0n) is 8.06. The molecule has 1 aromatic rings. The van der Waals surface area contributed by atoms with Crippen LogP contribution >= 0.6 is 27.5 Å². The smallest absolute Gasteiger partial charge is 0.0412 e. The van der Waals surface area contributed by atoms with Crippen molar-refractivity contribution in [3.8, 4) is 0 Å². The van der Waals surface area contributed by atoms with E-state index in [9.17, 15) is 0 Å². The van der Waals surface area contributed by atoms with E-state index in [0.717, 1.165) is 28.1 Å². The number of nitrogens with one attached hydrogen (secondary N) is 1. The molecule has 0 fully saturated rings. The standard InChI is InChI=1S/C11H13BrClN/c1-2-14-7-3-4-9-8-10(13)5-6-11(9)12/h3-6,8,14H,2,7H2,1H3. The van der Waals surface area contributed by atoms with Gasteiger partial charge in [0.25, 0.3) is 0 Å². The predicted molar refractivity (Wildman–Crippen MR) is 66.7 cm³/mol. The zero-order chi connectivity index (χ0) is 10.4. The lowest BCUT2D eigenvalue weighted by Gasteiger charge is -1.99. The van der Waals surface area contributed by atoms with E-state index >= 15 is 0 Å². The van der Waals surface area contributed by atoms with Gasteiger partial charge < -0.3 is 5.32 Å². The van der Waals surface area contributed by atoms with Crippen LogP contribution in [0.3, 0.4) is 0 Å². The van der Waals surface area contributed by atoms with Crippen molar-refractivity contribution in [2.24, 2.45) is 0 Å². The number of halogens is 2. The average molecular weight is 275 g/mol. The van der Waals surface area contributed by atoms with Gasteiger partial charge in [0.05, 0.1) is 0 Å². The van der Waals surface area contributed by atoms with Gasteiger partial charge in [-0.2, -0.15) is 0 Å². The fraction of sp³-hybridized carbons (Fsp3) is 0.273. The minimum absolute atomic E-state index is 0.760. The van der Waals surface area contributed by atoms with E-state index in [-0.39, 0.29) is 0 Å². The third-order valence-electron chi connectivity index (χ3n) is 1.77. The highest BCUT2D eigenvalue weighted by atomic mass is 79.9. The van der Waals surface area contributed by atoms with E-state index in [4.69, 9.17) is 11.6 Å². The van der Waals surface area contributed by atoms with E-state index in [0.29, 0.717) is 0 Å². The molecule has 1 N–H and O–H groups in total. The Kier molecular flexibility index (Phi) is 5.23. The molecule has 76 valence electrons. The molecule has 0 aliphatic rings. The Morgan fingerprint density at radius 1 is 1.50 bits per heavy atom. The first-order chi connectivity index (χ1) is 6.74. The maximum absolute atomic E-state index is 5.89. The Morgan fingerprint density at radius 3 is 3.00 bits per heavy atom. The van der Waals surface area contributed by atoms with E-state index in [2.05, 4.69) is 40.3 Å². The average Bonchev–Trinajstić information content (AvgIpc) is 2.18. The molecule has 0 spiro atoms. The zero-order valence-corrected chi connectivity index (χ0v) is 10.4. The molecule has 0 saturated carbocycles. The first kappa shape index (κ1) is 11.8. The van der Waals surface area contributed by atoms with Crippen LogP contribution in [0.2, 0.25) is 5.02 Å². The van der Waals surface area contributed by atoms with Crippen LogP contribution in [0.25, 0.3) is 6.08 Å². The van der Waals surface area contributed by atoms with Crippen LogP contribution in [-0.2, 0) is 0 Å². The third kappa shape index (κ3) is 3.82. The topological polar surface area (TPSA) is 12.0 Å². The van der Waals surface area contributed by atoms with Crippen LogP contribution in [0.15, 0.2) is 28.7 Å². The molecule has 1 nitrogen and oxygen atoms in total. The molecule has 0 heterocycles. The van der Waals surface area contributed by atoms with E-state index in [1.165, 1.54) is 0 Å². The molecule has 0 unspecified atom stereocenters. The summed E-state index contributed by atoms with van der Waals surface area (Å²) in [6, 6.07) is 5.76. The van der Waals surface area contributed by atoms with Crippen molar-refractivity contribution in [1.29, 1.82) is 0 Å². The number of likely N-dealkylation sites (N-methyl/N-ethyl adjacent to an activating group) is 1. The van der Waals surface area contributed by atoms with Gasteiger partial charge in [0.1, 0.15) is 0 Å². The Balaban J connectivity index is 2.65. The Hall–Kier alpha value is -0.310. The van der Waals surface area contributed by atoms with Crippen molar-refractivity contribution in [3.63, 3.8) is 0 Å². The molecular formula is C11H13BrClN. The number of rotatable bonds is 4. The summed E-state index contributed by atoms with van der Waals surface area (Å²) in [6.45, 7) is 3.96. The van der Waals surface area contributed by atoms with Crippen LogP contribution < -0.4 is 5.32 Å².